The Morgan fingerprint density at radius 2 is 0.583 bits per heavy atom. The van der Waals surface area contributed by atoms with E-state index in [9.17, 15) is 8.42 Å². The summed E-state index contributed by atoms with van der Waals surface area (Å²) in [4.78, 5) is 0. The van der Waals surface area contributed by atoms with Crippen LogP contribution < -0.4 is 5.14 Å². The van der Waals surface area contributed by atoms with Crippen molar-refractivity contribution in [3.8, 4) is 0 Å². The van der Waals surface area contributed by atoms with Gasteiger partial charge in [-0.15, -0.1) is 5.14 Å². The molecule has 0 aliphatic heterocycles. The second kappa shape index (κ2) is 27.9. The van der Waals surface area contributed by atoms with Crippen molar-refractivity contribution in [1.29, 1.82) is 0 Å². The van der Waals surface area contributed by atoms with Crippen LogP contribution in [-0.2, 0) is 10.0 Å². The molecular weight excluding hydrogens is 462 g/mol. The molecule has 217 valence electrons. The summed E-state index contributed by atoms with van der Waals surface area (Å²) in [5, 5.41) is 7.17. The molecule has 0 aromatic heterocycles. The Labute approximate surface area is 228 Å². The zero-order valence-corrected chi connectivity index (χ0v) is 25.6. The van der Waals surface area contributed by atoms with Gasteiger partial charge in [0.2, 0.25) is 10.0 Å². The molecule has 0 aromatic carbocycles. The monoisotopic (exact) mass is 528 g/mol. The van der Waals surface area contributed by atoms with Crippen LogP contribution in [0, 0.1) is 0 Å². The van der Waals surface area contributed by atoms with E-state index in [4.69, 9.17) is 5.14 Å². The molecule has 1 N–H and O–H groups in total. The van der Waals surface area contributed by atoms with Crippen molar-refractivity contribution in [2.75, 3.05) is 0 Å². The van der Waals surface area contributed by atoms with E-state index in [1.54, 1.807) is 0 Å². The first-order chi connectivity index (χ1) is 17.5. The van der Waals surface area contributed by atoms with Crippen molar-refractivity contribution in [3.63, 3.8) is 0 Å². The van der Waals surface area contributed by atoms with E-state index in [-0.39, 0.29) is 0 Å². The summed E-state index contributed by atoms with van der Waals surface area (Å²) in [6.45, 7) is 4.55. The van der Waals surface area contributed by atoms with Gasteiger partial charge in [0.1, 0.15) is 0 Å². The summed E-state index contributed by atoms with van der Waals surface area (Å²) in [5.74, 6) is 0. The van der Waals surface area contributed by atoms with Crippen molar-refractivity contribution in [3.05, 3.63) is 0 Å². The molecule has 0 amide bonds. The largest absolute Gasteiger partial charge is 0.228 e. The highest BCUT2D eigenvalue weighted by atomic mass is 32.2. The molecule has 0 saturated heterocycles. The van der Waals surface area contributed by atoms with Gasteiger partial charge in [0.25, 0.3) is 0 Å². The second-order valence-corrected chi connectivity index (χ2v) is 13.3. The van der Waals surface area contributed by atoms with Gasteiger partial charge in [0, 0.05) is 0 Å². The number of hydrogen-bond donors (Lipinski definition) is 0. The lowest BCUT2D eigenvalue weighted by molar-refractivity contribution is 0.501. The third-order valence-electron chi connectivity index (χ3n) is 7.95. The van der Waals surface area contributed by atoms with Gasteiger partial charge in [-0.05, 0) is 12.8 Å². The van der Waals surface area contributed by atoms with Crippen LogP contribution in [0.2, 0.25) is 0 Å². The molecule has 3 nitrogen and oxygen atoms in total. The molecule has 1 atom stereocenters. The Hall–Kier alpha value is -0.0900. The molecule has 1 unspecified atom stereocenters. The zero-order valence-electron chi connectivity index (χ0n) is 24.8. The topological polar surface area (TPSA) is 57.9 Å². The third-order valence-corrected chi connectivity index (χ3v) is 9.30. The van der Waals surface area contributed by atoms with Gasteiger partial charge >= 0.3 is 0 Å². The maximum atomic E-state index is 11.9. The van der Waals surface area contributed by atoms with Crippen LogP contribution >= 0.6 is 0 Å². The van der Waals surface area contributed by atoms with E-state index >= 15 is 0 Å². The second-order valence-electron chi connectivity index (χ2n) is 11.6. The van der Waals surface area contributed by atoms with Crippen molar-refractivity contribution in [2.45, 2.75) is 205 Å². The molecule has 0 fully saturated rings. The Morgan fingerprint density at radius 1 is 0.389 bits per heavy atom. The molecular formula is C32H66NO2S. The minimum absolute atomic E-state index is 0.428. The quantitative estimate of drug-likeness (QED) is 0.0870. The predicted octanol–water partition coefficient (Wildman–Crippen LogP) is 11.3. The van der Waals surface area contributed by atoms with Gasteiger partial charge in [0.15, 0.2) is 0 Å². The summed E-state index contributed by atoms with van der Waals surface area (Å²) in [7, 11) is -3.65. The first-order valence-corrected chi connectivity index (χ1v) is 18.1. The number of nitrogens with one attached hydrogen (secondary N) is 1. The van der Waals surface area contributed by atoms with Crippen LogP contribution in [-0.4, -0.2) is 13.7 Å². The van der Waals surface area contributed by atoms with Crippen LogP contribution in [0.1, 0.15) is 200 Å². The van der Waals surface area contributed by atoms with Crippen LogP contribution in [0.15, 0.2) is 0 Å². The molecule has 1 radical (unpaired) electrons. The molecule has 0 aromatic rings. The summed E-state index contributed by atoms with van der Waals surface area (Å²) in [6, 6.07) is 0. The van der Waals surface area contributed by atoms with Gasteiger partial charge < -0.3 is 0 Å². The van der Waals surface area contributed by atoms with Gasteiger partial charge in [-0.1, -0.05) is 187 Å². The van der Waals surface area contributed by atoms with E-state index in [0.29, 0.717) is 12.8 Å². The number of sulfonamides is 1. The van der Waals surface area contributed by atoms with Gasteiger partial charge in [-0.25, -0.2) is 8.42 Å². The van der Waals surface area contributed by atoms with E-state index < -0.39 is 15.3 Å². The zero-order chi connectivity index (χ0) is 26.6. The highest BCUT2D eigenvalue weighted by molar-refractivity contribution is 7.89. The van der Waals surface area contributed by atoms with Crippen LogP contribution in [0.25, 0.3) is 0 Å². The smallest absolute Gasteiger partial charge is 0.211 e. The van der Waals surface area contributed by atoms with Gasteiger partial charge in [-0.3, -0.25) is 0 Å². The third kappa shape index (κ3) is 27.0. The lowest BCUT2D eigenvalue weighted by atomic mass is 10.0. The molecule has 0 spiro atoms. The Balaban J connectivity index is 3.55. The number of hydrogen-bond acceptors (Lipinski definition) is 2. The van der Waals surface area contributed by atoms with E-state index in [2.05, 4.69) is 13.8 Å². The predicted molar refractivity (Wildman–Crippen MR) is 161 cm³/mol. The highest BCUT2D eigenvalue weighted by Crippen LogP contribution is 2.20. The molecule has 0 aliphatic carbocycles. The molecule has 0 saturated carbocycles. The fourth-order valence-corrected chi connectivity index (χ4v) is 6.36. The first-order valence-electron chi connectivity index (χ1n) is 16.5. The van der Waals surface area contributed by atoms with Crippen LogP contribution in [0.4, 0.5) is 0 Å². The minimum atomic E-state index is -3.65. The van der Waals surface area contributed by atoms with Gasteiger partial charge in [0.05, 0.1) is 5.25 Å². The molecule has 0 bridgehead atoms. The van der Waals surface area contributed by atoms with E-state index in [0.717, 1.165) is 25.7 Å². The summed E-state index contributed by atoms with van der Waals surface area (Å²) in [5.41, 5.74) is 0. The van der Waals surface area contributed by atoms with Crippen LogP contribution in [0.3, 0.4) is 0 Å². The Bertz CT molecular complexity index is 520. The standard InChI is InChI=1S/C32H66NO2S/c1-3-5-7-9-11-13-15-17-19-21-23-25-27-29-31-32(36(33,34)35)30-28-26-24-22-20-18-16-14-12-10-8-6-4-2/h32-33H,3-31H2,1-2H3. The summed E-state index contributed by atoms with van der Waals surface area (Å²) >= 11 is 0. The molecule has 0 rings (SSSR count). The molecule has 0 heterocycles. The minimum Gasteiger partial charge on any atom is -0.211 e. The summed E-state index contributed by atoms with van der Waals surface area (Å²) < 4.78 is 23.8. The molecule has 36 heavy (non-hydrogen) atoms. The average molecular weight is 529 g/mol. The SMILES string of the molecule is CCCCCCCCCCCCCCCCC(CCCCCCCCCCCCCCC)S([NH])(=O)=O. The average Bonchev–Trinajstić information content (AvgIpc) is 2.85. The maximum Gasteiger partial charge on any atom is 0.228 e. The Morgan fingerprint density at radius 3 is 0.778 bits per heavy atom. The number of unbranched alkanes of at least 4 members (excludes halogenated alkanes) is 25. The normalized spacial score (nSPS) is 12.9. The van der Waals surface area contributed by atoms with E-state index in [1.807, 2.05) is 0 Å². The first kappa shape index (κ1) is 35.9. The van der Waals surface area contributed by atoms with Crippen molar-refractivity contribution in [1.82, 2.24) is 5.14 Å². The van der Waals surface area contributed by atoms with Crippen molar-refractivity contribution >= 4 is 10.0 Å². The van der Waals surface area contributed by atoms with Crippen LogP contribution in [0.5, 0.6) is 0 Å². The Kier molecular flexibility index (Phi) is 27.9. The lowest BCUT2D eigenvalue weighted by Gasteiger charge is -2.14. The fourth-order valence-electron chi connectivity index (χ4n) is 5.41. The summed E-state index contributed by atoms with van der Waals surface area (Å²) in [6.07, 6.45) is 36.9. The molecule has 4 heteroatoms. The highest BCUT2D eigenvalue weighted by Gasteiger charge is 2.21. The number of rotatable bonds is 30. The van der Waals surface area contributed by atoms with Crippen molar-refractivity contribution < 1.29 is 8.42 Å². The molecule has 0 aliphatic rings. The fraction of sp³-hybridized carbons (Fsp3) is 1.00. The maximum absolute atomic E-state index is 11.9. The van der Waals surface area contributed by atoms with E-state index in [1.165, 1.54) is 148 Å². The lowest BCUT2D eigenvalue weighted by Crippen LogP contribution is -2.21. The van der Waals surface area contributed by atoms with Gasteiger partial charge in [-0.2, -0.15) is 0 Å². The van der Waals surface area contributed by atoms with Crippen molar-refractivity contribution in [2.24, 2.45) is 0 Å².